The Morgan fingerprint density at radius 1 is 1.18 bits per heavy atom. The van der Waals surface area contributed by atoms with Gasteiger partial charge < -0.3 is 9.45 Å². The number of pyridine rings is 1. The van der Waals surface area contributed by atoms with E-state index in [1.54, 1.807) is 43.6 Å². The van der Waals surface area contributed by atoms with Crippen LogP contribution in [0.1, 0.15) is 44.5 Å². The molecule has 3 aromatic rings. The number of aromatic nitrogens is 4. The molecule has 33 heavy (non-hydrogen) atoms. The Morgan fingerprint density at radius 3 is 2.52 bits per heavy atom. The first kappa shape index (κ1) is 24.1. The second-order valence-corrected chi connectivity index (χ2v) is 11.6. The molecule has 0 bridgehead atoms. The zero-order valence-corrected chi connectivity index (χ0v) is 20.2. The quantitative estimate of drug-likeness (QED) is 0.476. The predicted molar refractivity (Wildman–Crippen MR) is 122 cm³/mol. The number of aryl methyl sites for hydroxylation is 1. The molecule has 3 aromatic heterocycles. The van der Waals surface area contributed by atoms with E-state index >= 15 is 0 Å². The van der Waals surface area contributed by atoms with Crippen LogP contribution >= 0.6 is 11.6 Å². The van der Waals surface area contributed by atoms with Crippen LogP contribution in [0.4, 0.5) is 24.7 Å². The van der Waals surface area contributed by atoms with Crippen molar-refractivity contribution in [2.24, 2.45) is 0 Å². The molecule has 4 heterocycles. The van der Waals surface area contributed by atoms with Gasteiger partial charge in [0.25, 0.3) is 0 Å². The summed E-state index contributed by atoms with van der Waals surface area (Å²) in [7, 11) is 1.22. The Hall–Kier alpha value is -2.08. The first-order valence-electron chi connectivity index (χ1n) is 10.4. The third kappa shape index (κ3) is 4.64. The van der Waals surface area contributed by atoms with Crippen molar-refractivity contribution in [2.45, 2.75) is 50.6 Å². The van der Waals surface area contributed by atoms with Gasteiger partial charge in [-0.3, -0.25) is 0 Å². The molecule has 0 saturated carbocycles. The van der Waals surface area contributed by atoms with Crippen molar-refractivity contribution in [3.05, 3.63) is 47.0 Å². The highest BCUT2D eigenvalue weighted by molar-refractivity contribution is 7.90. The summed E-state index contributed by atoms with van der Waals surface area (Å²) in [5.41, 5.74) is 2.26. The summed E-state index contributed by atoms with van der Waals surface area (Å²) in [5.74, 6) is 0.500. The fourth-order valence-corrected chi connectivity index (χ4v) is 5.49. The van der Waals surface area contributed by atoms with Crippen LogP contribution in [-0.4, -0.2) is 53.0 Å². The summed E-state index contributed by atoms with van der Waals surface area (Å²) in [6.07, 6.45) is -0.136. The fourth-order valence-electron chi connectivity index (χ4n) is 4.02. The molecule has 4 rings (SSSR count). The highest BCUT2D eigenvalue weighted by Crippen LogP contribution is 2.41. The van der Waals surface area contributed by atoms with Gasteiger partial charge in [0, 0.05) is 42.8 Å². The summed E-state index contributed by atoms with van der Waals surface area (Å²) in [6, 6.07) is 2.57. The van der Waals surface area contributed by atoms with Crippen LogP contribution in [0.15, 0.2) is 30.6 Å². The number of hydrogen-bond acceptors (Lipinski definition) is 6. The molecule has 0 aromatic carbocycles. The minimum Gasteiger partial charge on any atom is -0.597 e. The highest BCUT2D eigenvalue weighted by Gasteiger charge is 2.50. The van der Waals surface area contributed by atoms with E-state index in [2.05, 4.69) is 15.1 Å². The number of alkyl halides is 3. The van der Waals surface area contributed by atoms with Crippen LogP contribution in [0.3, 0.4) is 0 Å². The van der Waals surface area contributed by atoms with Gasteiger partial charge in [-0.2, -0.15) is 18.3 Å². The second kappa shape index (κ2) is 8.61. The molecule has 12 heteroatoms. The van der Waals surface area contributed by atoms with Gasteiger partial charge in [0.05, 0.1) is 17.6 Å². The molecular formula is C21H24ClF3N6OS. The van der Waals surface area contributed by atoms with Crippen molar-refractivity contribution < 1.29 is 17.7 Å². The van der Waals surface area contributed by atoms with Crippen LogP contribution in [-0.2, 0) is 17.8 Å². The maximum absolute atomic E-state index is 14.0. The third-order valence-corrected chi connectivity index (χ3v) is 7.41. The fraction of sp³-hybridized carbons (Fsp3) is 0.476. The molecule has 1 aliphatic heterocycles. The van der Waals surface area contributed by atoms with Crippen molar-refractivity contribution in [3.8, 4) is 0 Å². The first-order chi connectivity index (χ1) is 15.4. The van der Waals surface area contributed by atoms with E-state index in [0.717, 1.165) is 28.5 Å². The Balaban J connectivity index is 1.68. The van der Waals surface area contributed by atoms with Crippen LogP contribution < -0.4 is 4.90 Å². The van der Waals surface area contributed by atoms with Gasteiger partial charge in [-0.05, 0) is 39.7 Å². The first-order valence-corrected chi connectivity index (χ1v) is 11.8. The number of hydrogen-bond donors (Lipinski definition) is 0. The van der Waals surface area contributed by atoms with Gasteiger partial charge in [-0.15, -0.1) is 4.31 Å². The van der Waals surface area contributed by atoms with Gasteiger partial charge in [-0.25, -0.2) is 14.5 Å². The summed E-state index contributed by atoms with van der Waals surface area (Å²) < 4.78 is 56.3. The lowest BCUT2D eigenvalue weighted by molar-refractivity contribution is -0.171. The topological polar surface area (TPSA) is 72.6 Å². The van der Waals surface area contributed by atoms with Gasteiger partial charge in [0.1, 0.15) is 10.6 Å². The van der Waals surface area contributed by atoms with E-state index in [4.69, 9.17) is 11.6 Å². The minimum absolute atomic E-state index is 0.0731. The van der Waals surface area contributed by atoms with Crippen molar-refractivity contribution in [1.82, 2.24) is 23.9 Å². The lowest BCUT2D eigenvalue weighted by atomic mass is 10.1. The molecule has 0 amide bonds. The lowest BCUT2D eigenvalue weighted by Gasteiger charge is -2.36. The van der Waals surface area contributed by atoms with Crippen LogP contribution in [0.2, 0.25) is 5.15 Å². The van der Waals surface area contributed by atoms with Gasteiger partial charge in [0.15, 0.2) is 16.8 Å². The molecule has 7 nitrogen and oxygen atoms in total. The summed E-state index contributed by atoms with van der Waals surface area (Å²) >= 11 is 4.16. The smallest absolute Gasteiger partial charge is 0.412 e. The molecule has 178 valence electrons. The number of anilines is 2. The Kier molecular flexibility index (Phi) is 6.27. The average molecular weight is 501 g/mol. The third-order valence-electron chi connectivity index (χ3n) is 5.44. The largest absolute Gasteiger partial charge is 0.597 e. The molecular weight excluding hydrogens is 477 g/mol. The van der Waals surface area contributed by atoms with Gasteiger partial charge in [0.2, 0.25) is 0 Å². The van der Waals surface area contributed by atoms with Crippen molar-refractivity contribution in [1.29, 1.82) is 0 Å². The van der Waals surface area contributed by atoms with Crippen LogP contribution in [0.25, 0.3) is 5.65 Å². The van der Waals surface area contributed by atoms with Crippen LogP contribution in [0, 0.1) is 0 Å². The monoisotopic (exact) mass is 500 g/mol. The number of fused-ring (bicyclic) bond motifs is 3. The molecule has 2 atom stereocenters. The number of nitrogens with zero attached hydrogens (tertiary/aromatic N) is 6. The van der Waals surface area contributed by atoms with E-state index in [9.17, 15) is 17.7 Å². The molecule has 0 aliphatic carbocycles. The Morgan fingerprint density at radius 2 is 1.91 bits per heavy atom. The maximum Gasteiger partial charge on any atom is 0.412 e. The SMILES string of the molecule is CN([C@@H](c1ccc(N2CCCc3c2cnc2cc(Cl)nn32)nc1)C(F)(F)F)[S@+]([O-])C(C)(C)C. The van der Waals surface area contributed by atoms with E-state index in [1.165, 1.54) is 19.3 Å². The van der Waals surface area contributed by atoms with Crippen LogP contribution in [0.5, 0.6) is 0 Å². The van der Waals surface area contributed by atoms with E-state index < -0.39 is 28.3 Å². The molecule has 1 aliphatic rings. The Labute approximate surface area is 197 Å². The normalized spacial score (nSPS) is 16.8. The summed E-state index contributed by atoms with van der Waals surface area (Å²) in [6.45, 7) is 5.55. The standard InChI is InChI=1S/C21H24ClF3N6OS/c1-20(2,3)33(32)29(4)19(21(23,24)25)13-7-8-17(26-11-13)30-9-5-6-14-15(30)12-27-18-10-16(22)28-31(14)18/h7-8,10-12,19H,5-6,9H2,1-4H3/t19-,33+/m0/s1. The van der Waals surface area contributed by atoms with Crippen molar-refractivity contribution in [3.63, 3.8) is 0 Å². The zero-order chi connectivity index (χ0) is 24.1. The van der Waals surface area contributed by atoms with Crippen molar-refractivity contribution >= 4 is 40.1 Å². The van der Waals surface area contributed by atoms with E-state index in [1.807, 2.05) is 4.90 Å². The minimum atomic E-state index is -4.62. The lowest BCUT2D eigenvalue weighted by Crippen LogP contribution is -2.46. The Bertz CT molecular complexity index is 1150. The molecule has 0 saturated heterocycles. The molecule has 0 fully saturated rings. The second-order valence-electron chi connectivity index (χ2n) is 8.88. The molecule has 0 unspecified atom stereocenters. The average Bonchev–Trinajstić information content (AvgIpc) is 3.12. The van der Waals surface area contributed by atoms with Crippen molar-refractivity contribution in [2.75, 3.05) is 18.5 Å². The summed E-state index contributed by atoms with van der Waals surface area (Å²) in [5, 5.41) is 4.63. The number of halogens is 4. The molecule has 0 spiro atoms. The van der Waals surface area contributed by atoms with Gasteiger partial charge >= 0.3 is 6.18 Å². The molecule has 0 radical (unpaired) electrons. The highest BCUT2D eigenvalue weighted by atomic mass is 35.5. The maximum atomic E-state index is 14.0. The van der Waals surface area contributed by atoms with E-state index in [-0.39, 0.29) is 5.56 Å². The number of rotatable bonds is 4. The zero-order valence-electron chi connectivity index (χ0n) is 18.6. The predicted octanol–water partition coefficient (Wildman–Crippen LogP) is 4.86. The molecule has 0 N–H and O–H groups in total. The van der Waals surface area contributed by atoms with Gasteiger partial charge in [-0.1, -0.05) is 17.7 Å². The summed E-state index contributed by atoms with van der Waals surface area (Å²) in [4.78, 5) is 10.6. The van der Waals surface area contributed by atoms with E-state index in [0.29, 0.717) is 23.2 Å².